The molecule has 0 aromatic heterocycles. The minimum absolute atomic E-state index is 0.156. The topological polar surface area (TPSA) is 29.1 Å². The Morgan fingerprint density at radius 3 is 1.94 bits per heavy atom. The molecule has 0 saturated heterocycles. The second-order valence-corrected chi connectivity index (χ2v) is 6.88. The van der Waals surface area contributed by atoms with Gasteiger partial charge in [0.2, 0.25) is 5.91 Å². The molecule has 0 radical (unpaired) electrons. The molecule has 2 nitrogen and oxygen atoms in total. The Hall–Kier alpha value is -0.530. The molecule has 0 spiro atoms. The Balaban J connectivity index is 3.45. The summed E-state index contributed by atoms with van der Waals surface area (Å²) in [6.07, 6.45) is 4.83. The van der Waals surface area contributed by atoms with E-state index in [9.17, 15) is 4.79 Å². The van der Waals surface area contributed by atoms with Crippen LogP contribution in [0.5, 0.6) is 0 Å². The van der Waals surface area contributed by atoms with Gasteiger partial charge in [-0.1, -0.05) is 54.4 Å². The zero-order chi connectivity index (χ0) is 12.8. The van der Waals surface area contributed by atoms with Gasteiger partial charge < -0.3 is 5.32 Å². The fourth-order valence-electron chi connectivity index (χ4n) is 1.42. The van der Waals surface area contributed by atoms with Crippen molar-refractivity contribution in [3.05, 3.63) is 0 Å². The maximum absolute atomic E-state index is 11.5. The van der Waals surface area contributed by atoms with Crippen LogP contribution in [0.25, 0.3) is 0 Å². The van der Waals surface area contributed by atoms with Crippen LogP contribution < -0.4 is 5.32 Å². The lowest BCUT2D eigenvalue weighted by molar-refractivity contribution is -0.128. The van der Waals surface area contributed by atoms with Crippen LogP contribution >= 0.6 is 0 Å². The van der Waals surface area contributed by atoms with Crippen LogP contribution in [0.15, 0.2) is 0 Å². The molecule has 0 unspecified atom stereocenters. The highest BCUT2D eigenvalue weighted by Crippen LogP contribution is 2.21. The van der Waals surface area contributed by atoms with Gasteiger partial charge in [-0.25, -0.2) is 0 Å². The van der Waals surface area contributed by atoms with Crippen LogP contribution in [0.3, 0.4) is 0 Å². The van der Waals surface area contributed by atoms with Crippen LogP contribution in [0.2, 0.25) is 0 Å². The van der Waals surface area contributed by atoms with E-state index < -0.39 is 0 Å². The number of hydrogen-bond acceptors (Lipinski definition) is 1. The van der Waals surface area contributed by atoms with Crippen molar-refractivity contribution in [2.24, 2.45) is 10.8 Å². The van der Waals surface area contributed by atoms with E-state index in [1.165, 1.54) is 19.3 Å². The van der Waals surface area contributed by atoms with E-state index in [4.69, 9.17) is 0 Å². The third-order valence-corrected chi connectivity index (χ3v) is 2.57. The molecule has 0 aliphatic heterocycles. The largest absolute Gasteiger partial charge is 0.356 e. The molecule has 0 saturated carbocycles. The van der Waals surface area contributed by atoms with E-state index in [0.29, 0.717) is 5.41 Å². The second-order valence-electron chi connectivity index (χ2n) is 6.88. The molecule has 0 aliphatic carbocycles. The summed E-state index contributed by atoms with van der Waals surface area (Å²) in [5, 5.41) is 2.98. The van der Waals surface area contributed by atoms with Crippen molar-refractivity contribution < 1.29 is 4.79 Å². The Morgan fingerprint density at radius 2 is 1.50 bits per heavy atom. The zero-order valence-corrected chi connectivity index (χ0v) is 11.9. The third-order valence-electron chi connectivity index (χ3n) is 2.57. The van der Waals surface area contributed by atoms with Crippen molar-refractivity contribution in [3.63, 3.8) is 0 Å². The highest BCUT2D eigenvalue weighted by molar-refractivity contribution is 5.81. The summed E-state index contributed by atoms with van der Waals surface area (Å²) in [5.74, 6) is 0.156. The number of unbranched alkanes of at least 4 members (excludes halogenated alkanes) is 2. The smallest absolute Gasteiger partial charge is 0.225 e. The fraction of sp³-hybridized carbons (Fsp3) is 0.929. The van der Waals surface area contributed by atoms with Crippen molar-refractivity contribution in [1.29, 1.82) is 0 Å². The molecule has 0 aromatic carbocycles. The normalized spacial score (nSPS) is 12.6. The summed E-state index contributed by atoms with van der Waals surface area (Å²) >= 11 is 0. The van der Waals surface area contributed by atoms with E-state index in [1.807, 2.05) is 20.8 Å². The Bertz CT molecular complexity index is 208. The minimum atomic E-state index is -0.259. The molecule has 0 fully saturated rings. The van der Waals surface area contributed by atoms with Gasteiger partial charge in [-0.15, -0.1) is 0 Å². The zero-order valence-electron chi connectivity index (χ0n) is 11.9. The molecule has 96 valence electrons. The molecule has 2 heteroatoms. The third kappa shape index (κ3) is 8.75. The van der Waals surface area contributed by atoms with E-state index >= 15 is 0 Å². The van der Waals surface area contributed by atoms with E-state index in [-0.39, 0.29) is 11.3 Å². The van der Waals surface area contributed by atoms with E-state index in [0.717, 1.165) is 13.0 Å². The number of amides is 1. The summed E-state index contributed by atoms with van der Waals surface area (Å²) in [7, 11) is 0. The van der Waals surface area contributed by atoms with Crippen molar-refractivity contribution >= 4 is 5.91 Å². The van der Waals surface area contributed by atoms with Gasteiger partial charge in [0, 0.05) is 12.0 Å². The highest BCUT2D eigenvalue weighted by atomic mass is 16.2. The average Bonchev–Trinajstić information content (AvgIpc) is 2.07. The SMILES string of the molecule is CC(C)(C)CCCCCNC(=O)C(C)(C)C. The van der Waals surface area contributed by atoms with Gasteiger partial charge in [0.15, 0.2) is 0 Å². The van der Waals surface area contributed by atoms with Crippen LogP contribution in [0.1, 0.15) is 67.2 Å². The molecule has 0 aromatic rings. The predicted octanol–water partition coefficient (Wildman–Crippen LogP) is 3.76. The Labute approximate surface area is 101 Å². The molecule has 0 rings (SSSR count). The van der Waals surface area contributed by atoms with Gasteiger partial charge in [-0.3, -0.25) is 4.79 Å². The summed E-state index contributed by atoms with van der Waals surface area (Å²) in [5.41, 5.74) is 0.181. The van der Waals surface area contributed by atoms with Crippen molar-refractivity contribution in [3.8, 4) is 0 Å². The van der Waals surface area contributed by atoms with Gasteiger partial charge in [0.1, 0.15) is 0 Å². The van der Waals surface area contributed by atoms with Gasteiger partial charge in [-0.2, -0.15) is 0 Å². The number of carbonyl (C=O) groups is 1. The Kier molecular flexibility index (Phi) is 6.06. The van der Waals surface area contributed by atoms with Crippen LogP contribution in [-0.2, 0) is 4.79 Å². The fourth-order valence-corrected chi connectivity index (χ4v) is 1.42. The minimum Gasteiger partial charge on any atom is -0.356 e. The lowest BCUT2D eigenvalue weighted by atomic mass is 9.89. The van der Waals surface area contributed by atoms with E-state index in [1.54, 1.807) is 0 Å². The highest BCUT2D eigenvalue weighted by Gasteiger charge is 2.20. The molecule has 0 atom stereocenters. The number of carbonyl (C=O) groups excluding carboxylic acids is 1. The molecule has 0 bridgehead atoms. The second kappa shape index (κ2) is 6.27. The van der Waals surface area contributed by atoms with Crippen LogP contribution in [0.4, 0.5) is 0 Å². The number of hydrogen-bond donors (Lipinski definition) is 1. The summed E-state index contributed by atoms with van der Waals surface area (Å²) < 4.78 is 0. The van der Waals surface area contributed by atoms with Crippen LogP contribution in [0, 0.1) is 10.8 Å². The number of rotatable bonds is 5. The van der Waals surface area contributed by atoms with Gasteiger partial charge in [-0.05, 0) is 18.3 Å². The van der Waals surface area contributed by atoms with Crippen molar-refractivity contribution in [1.82, 2.24) is 5.32 Å². The van der Waals surface area contributed by atoms with Gasteiger partial charge >= 0.3 is 0 Å². The predicted molar refractivity (Wildman–Crippen MR) is 70.4 cm³/mol. The summed E-state index contributed by atoms with van der Waals surface area (Å²) in [6, 6.07) is 0. The maximum Gasteiger partial charge on any atom is 0.225 e. The summed E-state index contributed by atoms with van der Waals surface area (Å²) in [6.45, 7) is 13.5. The maximum atomic E-state index is 11.5. The quantitative estimate of drug-likeness (QED) is 0.712. The first-order valence-corrected chi connectivity index (χ1v) is 6.41. The van der Waals surface area contributed by atoms with Gasteiger partial charge in [0.25, 0.3) is 0 Å². The average molecular weight is 227 g/mol. The molecule has 1 amide bonds. The lowest BCUT2D eigenvalue weighted by Gasteiger charge is -2.19. The first kappa shape index (κ1) is 15.5. The van der Waals surface area contributed by atoms with Crippen molar-refractivity contribution in [2.45, 2.75) is 67.2 Å². The molecule has 1 N–H and O–H groups in total. The summed E-state index contributed by atoms with van der Waals surface area (Å²) in [4.78, 5) is 11.5. The molecular weight excluding hydrogens is 198 g/mol. The molecule has 0 aliphatic rings. The standard InChI is InChI=1S/C14H29NO/c1-13(2,3)10-8-7-9-11-15-12(16)14(4,5)6/h7-11H2,1-6H3,(H,15,16). The monoisotopic (exact) mass is 227 g/mol. The molecule has 16 heavy (non-hydrogen) atoms. The first-order valence-electron chi connectivity index (χ1n) is 6.41. The van der Waals surface area contributed by atoms with Gasteiger partial charge in [0.05, 0.1) is 0 Å². The van der Waals surface area contributed by atoms with E-state index in [2.05, 4.69) is 26.1 Å². The molecule has 0 heterocycles. The first-order chi connectivity index (χ1) is 7.13. The molecular formula is C14H29NO. The number of nitrogens with one attached hydrogen (secondary N) is 1. The van der Waals surface area contributed by atoms with Crippen LogP contribution in [-0.4, -0.2) is 12.5 Å². The lowest BCUT2D eigenvalue weighted by Crippen LogP contribution is -2.35. The Morgan fingerprint density at radius 1 is 0.938 bits per heavy atom. The van der Waals surface area contributed by atoms with Crippen molar-refractivity contribution in [2.75, 3.05) is 6.54 Å².